The van der Waals surface area contributed by atoms with E-state index in [1.807, 2.05) is 30.3 Å². The number of aliphatic hydroxyl groups excluding tert-OH is 2. The first-order chi connectivity index (χ1) is 8.35. The Labute approximate surface area is 99.9 Å². The predicted octanol–water partition coefficient (Wildman–Crippen LogP) is 0.678. The molecule has 1 aromatic carbocycles. The lowest BCUT2D eigenvalue weighted by Crippen LogP contribution is -2.35. The van der Waals surface area contributed by atoms with Gasteiger partial charge in [-0.2, -0.15) is 0 Å². The molecule has 1 aromatic heterocycles. The zero-order valence-corrected chi connectivity index (χ0v) is 9.50. The van der Waals surface area contributed by atoms with Gasteiger partial charge in [-0.25, -0.2) is 0 Å². The van der Waals surface area contributed by atoms with E-state index >= 15 is 0 Å². The van der Waals surface area contributed by atoms with Gasteiger partial charge in [0.15, 0.2) is 0 Å². The molecule has 3 N–H and O–H groups in total. The molecule has 0 bridgehead atoms. The number of benzene rings is 1. The number of nitrogens with one attached hydrogen (secondary N) is 1. The largest absolute Gasteiger partial charge is 0.395 e. The second-order valence-corrected chi connectivity index (χ2v) is 3.93. The van der Waals surface area contributed by atoms with Crippen LogP contribution in [-0.2, 0) is 6.54 Å². The summed E-state index contributed by atoms with van der Waals surface area (Å²) in [6, 6.07) is 9.59. The third-order valence-electron chi connectivity index (χ3n) is 2.76. The van der Waals surface area contributed by atoms with E-state index in [0.29, 0.717) is 6.54 Å². The normalized spacial score (nSPS) is 11.2. The van der Waals surface area contributed by atoms with Crippen molar-refractivity contribution in [2.45, 2.75) is 12.6 Å². The number of hydrogen-bond acceptors (Lipinski definition) is 4. The van der Waals surface area contributed by atoms with Crippen LogP contribution in [0, 0.1) is 0 Å². The molecule has 0 aliphatic carbocycles. The van der Waals surface area contributed by atoms with Gasteiger partial charge in [0.2, 0.25) is 0 Å². The summed E-state index contributed by atoms with van der Waals surface area (Å²) in [6.45, 7) is 0.466. The van der Waals surface area contributed by atoms with Crippen LogP contribution in [0.1, 0.15) is 5.56 Å². The quantitative estimate of drug-likeness (QED) is 0.709. The van der Waals surface area contributed by atoms with E-state index in [1.54, 1.807) is 6.20 Å². The third kappa shape index (κ3) is 2.79. The summed E-state index contributed by atoms with van der Waals surface area (Å²) in [5, 5.41) is 22.2. The van der Waals surface area contributed by atoms with Gasteiger partial charge in [-0.15, -0.1) is 0 Å². The van der Waals surface area contributed by atoms with Crippen molar-refractivity contribution in [1.29, 1.82) is 0 Å². The SMILES string of the molecule is OCC(CO)NCc1ccnc2ccccc12. The Bertz CT molecular complexity index is 478. The topological polar surface area (TPSA) is 65.4 Å². The second-order valence-electron chi connectivity index (χ2n) is 3.93. The Morgan fingerprint density at radius 1 is 1.12 bits per heavy atom. The minimum absolute atomic E-state index is 0.0699. The minimum Gasteiger partial charge on any atom is -0.395 e. The fourth-order valence-electron chi connectivity index (χ4n) is 1.75. The van der Waals surface area contributed by atoms with Crippen molar-refractivity contribution in [2.75, 3.05) is 13.2 Å². The molecule has 0 atom stereocenters. The summed E-state index contributed by atoms with van der Waals surface area (Å²) in [5.41, 5.74) is 2.07. The van der Waals surface area contributed by atoms with Gasteiger partial charge < -0.3 is 15.5 Å². The number of rotatable bonds is 5. The van der Waals surface area contributed by atoms with Crippen LogP contribution in [0.5, 0.6) is 0 Å². The number of aromatic nitrogens is 1. The van der Waals surface area contributed by atoms with Crippen molar-refractivity contribution in [3.8, 4) is 0 Å². The first kappa shape index (κ1) is 12.0. The van der Waals surface area contributed by atoms with Crippen molar-refractivity contribution in [3.05, 3.63) is 42.1 Å². The number of fused-ring (bicyclic) bond motifs is 1. The van der Waals surface area contributed by atoms with Crippen LogP contribution in [0.15, 0.2) is 36.5 Å². The molecule has 0 unspecified atom stereocenters. The Morgan fingerprint density at radius 2 is 1.88 bits per heavy atom. The molecule has 0 aliphatic rings. The average molecular weight is 232 g/mol. The van der Waals surface area contributed by atoms with Crippen molar-refractivity contribution in [2.24, 2.45) is 0 Å². The molecule has 2 aromatic rings. The molecule has 0 aliphatic heterocycles. The highest BCUT2D eigenvalue weighted by Crippen LogP contribution is 2.15. The Balaban J connectivity index is 2.18. The van der Waals surface area contributed by atoms with Crippen LogP contribution in [0.2, 0.25) is 0 Å². The van der Waals surface area contributed by atoms with E-state index in [4.69, 9.17) is 10.2 Å². The van der Waals surface area contributed by atoms with E-state index in [0.717, 1.165) is 16.5 Å². The summed E-state index contributed by atoms with van der Waals surface area (Å²) < 4.78 is 0. The highest BCUT2D eigenvalue weighted by Gasteiger charge is 2.06. The van der Waals surface area contributed by atoms with Gasteiger partial charge in [0, 0.05) is 18.1 Å². The summed E-state index contributed by atoms with van der Waals surface area (Å²) in [6.07, 6.45) is 1.77. The maximum absolute atomic E-state index is 8.98. The van der Waals surface area contributed by atoms with Crippen LogP contribution >= 0.6 is 0 Å². The number of pyridine rings is 1. The van der Waals surface area contributed by atoms with Crippen molar-refractivity contribution in [1.82, 2.24) is 10.3 Å². The smallest absolute Gasteiger partial charge is 0.0705 e. The van der Waals surface area contributed by atoms with Crippen molar-refractivity contribution in [3.63, 3.8) is 0 Å². The van der Waals surface area contributed by atoms with Crippen LogP contribution in [0.25, 0.3) is 10.9 Å². The fraction of sp³-hybridized carbons (Fsp3) is 0.308. The van der Waals surface area contributed by atoms with Gasteiger partial charge in [0.05, 0.1) is 24.8 Å². The summed E-state index contributed by atoms with van der Waals surface area (Å²) in [4.78, 5) is 4.28. The van der Waals surface area contributed by atoms with E-state index in [-0.39, 0.29) is 19.3 Å². The van der Waals surface area contributed by atoms with E-state index in [1.165, 1.54) is 0 Å². The zero-order valence-electron chi connectivity index (χ0n) is 9.50. The first-order valence-corrected chi connectivity index (χ1v) is 5.63. The van der Waals surface area contributed by atoms with Crippen molar-refractivity contribution >= 4 is 10.9 Å². The van der Waals surface area contributed by atoms with Gasteiger partial charge in [-0.3, -0.25) is 4.98 Å². The molecule has 4 heteroatoms. The van der Waals surface area contributed by atoms with E-state index in [2.05, 4.69) is 10.3 Å². The Morgan fingerprint density at radius 3 is 2.65 bits per heavy atom. The highest BCUT2D eigenvalue weighted by atomic mass is 16.3. The van der Waals surface area contributed by atoms with E-state index < -0.39 is 0 Å². The van der Waals surface area contributed by atoms with E-state index in [9.17, 15) is 0 Å². The maximum Gasteiger partial charge on any atom is 0.0705 e. The average Bonchev–Trinajstić information content (AvgIpc) is 2.40. The number of nitrogens with zero attached hydrogens (tertiary/aromatic N) is 1. The molecule has 4 nitrogen and oxygen atoms in total. The monoisotopic (exact) mass is 232 g/mol. The van der Waals surface area contributed by atoms with Gasteiger partial charge in [-0.05, 0) is 17.7 Å². The lowest BCUT2D eigenvalue weighted by atomic mass is 10.1. The molecular formula is C13H16N2O2. The Kier molecular flexibility index (Phi) is 4.03. The summed E-state index contributed by atoms with van der Waals surface area (Å²) in [5.74, 6) is 0. The predicted molar refractivity (Wildman–Crippen MR) is 66.5 cm³/mol. The molecule has 0 spiro atoms. The van der Waals surface area contributed by atoms with Crippen LogP contribution < -0.4 is 5.32 Å². The number of para-hydroxylation sites is 1. The highest BCUT2D eigenvalue weighted by molar-refractivity contribution is 5.81. The minimum atomic E-state index is -0.276. The van der Waals surface area contributed by atoms with Gasteiger partial charge >= 0.3 is 0 Å². The molecule has 0 saturated heterocycles. The Hall–Kier alpha value is -1.49. The van der Waals surface area contributed by atoms with Crippen molar-refractivity contribution < 1.29 is 10.2 Å². The summed E-state index contributed by atoms with van der Waals surface area (Å²) in [7, 11) is 0. The molecule has 0 radical (unpaired) electrons. The fourth-order valence-corrected chi connectivity index (χ4v) is 1.75. The molecule has 90 valence electrons. The molecule has 2 rings (SSSR count). The van der Waals surface area contributed by atoms with Crippen LogP contribution in [0.3, 0.4) is 0 Å². The lowest BCUT2D eigenvalue weighted by molar-refractivity contribution is 0.170. The van der Waals surface area contributed by atoms with Gasteiger partial charge in [-0.1, -0.05) is 18.2 Å². The van der Waals surface area contributed by atoms with Gasteiger partial charge in [0.25, 0.3) is 0 Å². The molecular weight excluding hydrogens is 216 g/mol. The number of aliphatic hydroxyl groups is 2. The second kappa shape index (κ2) is 5.72. The van der Waals surface area contributed by atoms with Crippen LogP contribution in [0.4, 0.5) is 0 Å². The van der Waals surface area contributed by atoms with Gasteiger partial charge in [0.1, 0.15) is 0 Å². The molecule has 17 heavy (non-hydrogen) atoms. The molecule has 0 amide bonds. The third-order valence-corrected chi connectivity index (χ3v) is 2.76. The zero-order chi connectivity index (χ0) is 12.1. The molecule has 1 heterocycles. The molecule has 0 saturated carbocycles. The molecule has 0 fully saturated rings. The summed E-state index contributed by atoms with van der Waals surface area (Å²) >= 11 is 0. The lowest BCUT2D eigenvalue weighted by Gasteiger charge is -2.14. The number of hydrogen-bond donors (Lipinski definition) is 3. The standard InChI is InChI=1S/C13H16N2O2/c16-8-11(9-17)15-7-10-5-6-14-13-4-2-1-3-12(10)13/h1-6,11,15-17H,7-9H2. The first-order valence-electron chi connectivity index (χ1n) is 5.63. The maximum atomic E-state index is 8.98. The van der Waals surface area contributed by atoms with Crippen LogP contribution in [-0.4, -0.2) is 34.5 Å².